The van der Waals surface area contributed by atoms with Gasteiger partial charge in [0.05, 0.1) is 17.7 Å². The van der Waals surface area contributed by atoms with Gasteiger partial charge < -0.3 is 0 Å². The van der Waals surface area contributed by atoms with E-state index in [0.29, 0.717) is 0 Å². The Morgan fingerprint density at radius 1 is 1.00 bits per heavy atom. The summed E-state index contributed by atoms with van der Waals surface area (Å²) in [6.45, 7) is -0.314. The highest BCUT2D eigenvalue weighted by molar-refractivity contribution is 7.92. The van der Waals surface area contributed by atoms with Crippen LogP contribution in [0, 0.1) is 12.7 Å². The molecule has 0 amide bonds. The third-order valence-electron chi connectivity index (χ3n) is 5.80. The summed E-state index contributed by atoms with van der Waals surface area (Å²) in [4.78, 5) is 0. The third kappa shape index (κ3) is 6.28. The van der Waals surface area contributed by atoms with Crippen LogP contribution in [-0.2, 0) is 25.8 Å². The number of halogens is 4. The van der Waals surface area contributed by atoms with Crippen molar-refractivity contribution in [2.75, 3.05) is 30.2 Å². The number of alkyl halides is 3. The first-order valence-corrected chi connectivity index (χ1v) is 14.0. The van der Waals surface area contributed by atoms with Gasteiger partial charge in [0.25, 0.3) is 0 Å². The average molecular weight is 523 g/mol. The van der Waals surface area contributed by atoms with Crippen molar-refractivity contribution in [2.24, 2.45) is 0 Å². The van der Waals surface area contributed by atoms with Gasteiger partial charge in [0.1, 0.15) is 6.54 Å². The summed E-state index contributed by atoms with van der Waals surface area (Å²) in [5, 5.41) is 0. The Kier molecular flexibility index (Phi) is 7.63. The number of nitrogens with zero attached hydrogens (tertiary/aromatic N) is 2. The van der Waals surface area contributed by atoms with E-state index >= 15 is 4.39 Å². The Bertz CT molecular complexity index is 1230. The fourth-order valence-electron chi connectivity index (χ4n) is 4.10. The van der Waals surface area contributed by atoms with Gasteiger partial charge in [-0.05, 0) is 42.4 Å². The highest BCUT2D eigenvalue weighted by Crippen LogP contribution is 2.40. The lowest BCUT2D eigenvalue weighted by atomic mass is 9.88. The smallest absolute Gasteiger partial charge is 0.258 e. The van der Waals surface area contributed by atoms with Crippen molar-refractivity contribution < 1.29 is 34.4 Å². The summed E-state index contributed by atoms with van der Waals surface area (Å²) in [7, 11) is -8.08. The molecule has 1 heterocycles. The van der Waals surface area contributed by atoms with Gasteiger partial charge >= 0.3 is 6.18 Å². The molecule has 188 valence electrons. The molecule has 3 rings (SSSR count). The number of rotatable bonds is 7. The number of benzene rings is 2. The summed E-state index contributed by atoms with van der Waals surface area (Å²) >= 11 is 0. The molecule has 12 heteroatoms. The van der Waals surface area contributed by atoms with E-state index in [4.69, 9.17) is 0 Å². The molecule has 0 saturated carbocycles. The molecule has 1 aliphatic rings. The molecule has 0 bridgehead atoms. The van der Waals surface area contributed by atoms with Crippen LogP contribution in [0.15, 0.2) is 42.5 Å². The van der Waals surface area contributed by atoms with Crippen molar-refractivity contribution >= 4 is 25.7 Å². The second-order valence-corrected chi connectivity index (χ2v) is 12.3. The van der Waals surface area contributed by atoms with Crippen molar-refractivity contribution in [1.82, 2.24) is 4.31 Å². The van der Waals surface area contributed by atoms with Crippen LogP contribution in [0.4, 0.5) is 23.2 Å². The van der Waals surface area contributed by atoms with Crippen LogP contribution in [0.1, 0.15) is 35.4 Å². The number of hydrogen-bond acceptors (Lipinski definition) is 4. The van der Waals surface area contributed by atoms with Gasteiger partial charge in [-0.25, -0.2) is 25.5 Å². The Balaban J connectivity index is 2.08. The first kappa shape index (κ1) is 26.4. The molecule has 1 fully saturated rings. The van der Waals surface area contributed by atoms with Crippen molar-refractivity contribution in [3.63, 3.8) is 0 Å². The highest BCUT2D eigenvalue weighted by atomic mass is 32.2. The van der Waals surface area contributed by atoms with Crippen molar-refractivity contribution in [1.29, 1.82) is 0 Å². The van der Waals surface area contributed by atoms with E-state index in [0.717, 1.165) is 6.26 Å². The Labute approximate surface area is 197 Å². The van der Waals surface area contributed by atoms with Gasteiger partial charge in [-0.15, -0.1) is 0 Å². The fourth-order valence-corrected chi connectivity index (χ4v) is 6.55. The summed E-state index contributed by atoms with van der Waals surface area (Å²) in [6.07, 6.45) is -3.41. The second kappa shape index (κ2) is 9.82. The monoisotopic (exact) mass is 522 g/mol. The topological polar surface area (TPSA) is 74.8 Å². The van der Waals surface area contributed by atoms with Crippen molar-refractivity contribution in [2.45, 2.75) is 37.6 Å². The molecular weight excluding hydrogens is 496 g/mol. The molecule has 1 saturated heterocycles. The van der Waals surface area contributed by atoms with E-state index in [1.54, 1.807) is 18.2 Å². The van der Waals surface area contributed by atoms with E-state index in [1.807, 2.05) is 0 Å². The molecule has 0 spiro atoms. The normalized spacial score (nSPS) is 16.5. The quantitative estimate of drug-likeness (QED) is 0.512. The number of piperidine rings is 1. The maximum Gasteiger partial charge on any atom is 0.407 e. The first-order chi connectivity index (χ1) is 15.7. The SMILES string of the molecule is Cc1ccc(C2CCN(S(C)(=O)=O)CC2)c(N(CC(F)(F)F)S(=O)(=O)Cc2ccccc2)c1F. The highest BCUT2D eigenvalue weighted by Gasteiger charge is 2.40. The maximum atomic E-state index is 15.4. The minimum Gasteiger partial charge on any atom is -0.258 e. The fraction of sp³-hybridized carbons (Fsp3) is 0.455. The van der Waals surface area contributed by atoms with E-state index in [9.17, 15) is 30.0 Å². The molecule has 0 N–H and O–H groups in total. The lowest BCUT2D eigenvalue weighted by molar-refractivity contribution is -0.117. The minimum atomic E-state index is -4.92. The van der Waals surface area contributed by atoms with E-state index < -0.39 is 55.9 Å². The average Bonchev–Trinajstić information content (AvgIpc) is 2.73. The second-order valence-electron chi connectivity index (χ2n) is 8.43. The van der Waals surface area contributed by atoms with E-state index in [2.05, 4.69) is 0 Å². The third-order valence-corrected chi connectivity index (χ3v) is 8.79. The molecule has 2 aromatic rings. The molecule has 0 aromatic heterocycles. The van der Waals surface area contributed by atoms with Crippen LogP contribution in [0.3, 0.4) is 0 Å². The lowest BCUT2D eigenvalue weighted by Crippen LogP contribution is -2.42. The molecule has 6 nitrogen and oxygen atoms in total. The number of anilines is 1. The van der Waals surface area contributed by atoms with Gasteiger partial charge in [-0.1, -0.05) is 42.5 Å². The lowest BCUT2D eigenvalue weighted by Gasteiger charge is -2.34. The van der Waals surface area contributed by atoms with Gasteiger partial charge in [0, 0.05) is 13.1 Å². The number of sulfonamides is 2. The molecular formula is C22H26F4N2O4S2. The van der Waals surface area contributed by atoms with E-state index in [-0.39, 0.29) is 46.9 Å². The van der Waals surface area contributed by atoms with Gasteiger partial charge in [-0.2, -0.15) is 13.2 Å². The van der Waals surface area contributed by atoms with Crippen LogP contribution in [-0.4, -0.2) is 53.2 Å². The van der Waals surface area contributed by atoms with Crippen LogP contribution in [0.2, 0.25) is 0 Å². The van der Waals surface area contributed by atoms with Crippen molar-refractivity contribution in [3.8, 4) is 0 Å². The number of hydrogen-bond donors (Lipinski definition) is 0. The Morgan fingerprint density at radius 2 is 1.59 bits per heavy atom. The predicted molar refractivity (Wildman–Crippen MR) is 122 cm³/mol. The van der Waals surface area contributed by atoms with Gasteiger partial charge in [0.2, 0.25) is 20.0 Å². The Hall–Kier alpha value is -2.18. The van der Waals surface area contributed by atoms with Crippen molar-refractivity contribution in [3.05, 3.63) is 65.0 Å². The zero-order chi connectivity index (χ0) is 25.3. The van der Waals surface area contributed by atoms with Crippen LogP contribution in [0.25, 0.3) is 0 Å². The zero-order valence-electron chi connectivity index (χ0n) is 18.7. The summed E-state index contributed by atoms with van der Waals surface area (Å²) in [5.74, 6) is -2.28. The standard InChI is InChI=1S/C22H26F4N2O4S2/c1-16-8-9-19(18-10-12-27(13-11-18)33(2,29)30)21(20(16)23)28(15-22(24,25)26)34(31,32)14-17-6-4-3-5-7-17/h3-9,18H,10-15H2,1-2H3. The predicted octanol–water partition coefficient (Wildman–Crippen LogP) is 4.17. The minimum absolute atomic E-state index is 0.00871. The molecule has 2 aromatic carbocycles. The molecule has 0 aliphatic carbocycles. The molecule has 0 unspecified atom stereocenters. The van der Waals surface area contributed by atoms with Gasteiger partial charge in [-0.3, -0.25) is 4.31 Å². The van der Waals surface area contributed by atoms with E-state index in [1.165, 1.54) is 35.5 Å². The molecule has 34 heavy (non-hydrogen) atoms. The molecule has 0 atom stereocenters. The van der Waals surface area contributed by atoms with Crippen LogP contribution >= 0.6 is 0 Å². The summed E-state index contributed by atoms with van der Waals surface area (Å²) in [6, 6.07) is 10.5. The van der Waals surface area contributed by atoms with Crippen LogP contribution in [0.5, 0.6) is 0 Å². The first-order valence-electron chi connectivity index (χ1n) is 10.5. The Morgan fingerprint density at radius 3 is 2.12 bits per heavy atom. The van der Waals surface area contributed by atoms with Gasteiger partial charge in [0.15, 0.2) is 5.82 Å². The maximum absolute atomic E-state index is 15.4. The zero-order valence-corrected chi connectivity index (χ0v) is 20.4. The largest absolute Gasteiger partial charge is 0.407 e. The molecule has 1 aliphatic heterocycles. The van der Waals surface area contributed by atoms with Crippen LogP contribution < -0.4 is 4.31 Å². The summed E-state index contributed by atoms with van der Waals surface area (Å²) in [5.41, 5.74) is -0.219. The number of aryl methyl sites for hydroxylation is 1. The molecule has 0 radical (unpaired) electrons. The summed E-state index contributed by atoms with van der Waals surface area (Å²) < 4.78 is 108.